The van der Waals surface area contributed by atoms with Gasteiger partial charge in [0.25, 0.3) is 0 Å². The minimum absolute atomic E-state index is 0.00532. The number of sulfone groups is 1. The predicted molar refractivity (Wildman–Crippen MR) is 352 cm³/mol. The number of fused-ring (bicyclic) bond motifs is 2. The van der Waals surface area contributed by atoms with Gasteiger partial charge in [-0.2, -0.15) is 0 Å². The number of benzene rings is 5. The van der Waals surface area contributed by atoms with Crippen molar-refractivity contribution in [2.24, 2.45) is 11.1 Å². The number of phenols is 1. The third-order valence-electron chi connectivity index (χ3n) is 16.2. The van der Waals surface area contributed by atoms with E-state index in [9.17, 15) is 46.2 Å². The number of ketones is 1. The van der Waals surface area contributed by atoms with Gasteiger partial charge in [-0.15, -0.1) is 0 Å². The van der Waals surface area contributed by atoms with Gasteiger partial charge in [0.15, 0.2) is 32.2 Å². The average Bonchev–Trinajstić information content (AvgIpc) is 0.790. The zero-order valence-corrected chi connectivity index (χ0v) is 54.8. The fourth-order valence-electron chi connectivity index (χ4n) is 11.4. The first-order valence-corrected chi connectivity index (χ1v) is 34.8. The molecule has 26 heteroatoms. The number of halogens is 3. The Morgan fingerprint density at radius 3 is 2.09 bits per heavy atom. The molecule has 0 aromatic heterocycles. The Hall–Kier alpha value is -7.49. The number of phenolic OH excluding ortho intramolecular Hbond substituents is 1. The highest BCUT2D eigenvalue weighted by molar-refractivity contribution is 7.91. The SMILES string of the molecule is CCN(CC)c1ccc2c(-c3ccc(NC(=S)CCCNC(=O)[C@@H](CC(=O)CCOCCOCCNC(=O)CCS(=O)(=O)c4c(F)c(F)c(S(N)(=O)=O)c(F)c4NC4CCCCCCC4)Cc4ccc(O)cc4)cc3C(=O)O)c3ccc(=[N+](CC)CC)cc-3oc2c1. The van der Waals surface area contributed by atoms with E-state index in [1.165, 1.54) is 12.1 Å². The van der Waals surface area contributed by atoms with E-state index in [0.29, 0.717) is 66.1 Å². The van der Waals surface area contributed by atoms with Crippen molar-refractivity contribution in [3.05, 3.63) is 113 Å². The number of anilines is 3. The first kappa shape index (κ1) is 71.9. The van der Waals surface area contributed by atoms with E-state index in [1.807, 2.05) is 36.4 Å². The van der Waals surface area contributed by atoms with E-state index in [1.54, 1.807) is 30.3 Å². The number of primary sulfonamides is 1. The number of carbonyl (C=O) groups excluding carboxylic acids is 3. The van der Waals surface area contributed by atoms with Crippen molar-refractivity contribution in [2.75, 3.05) is 87.0 Å². The molecule has 1 atom stereocenters. The Labute approximate surface area is 540 Å². The van der Waals surface area contributed by atoms with Gasteiger partial charge < -0.3 is 50.3 Å². The van der Waals surface area contributed by atoms with Crippen LogP contribution in [0.1, 0.15) is 121 Å². The van der Waals surface area contributed by atoms with Crippen LogP contribution in [0.4, 0.5) is 30.2 Å². The van der Waals surface area contributed by atoms with E-state index < -0.39 is 88.8 Å². The predicted octanol–water partition coefficient (Wildman–Crippen LogP) is 9.71. The van der Waals surface area contributed by atoms with Crippen molar-refractivity contribution in [1.82, 2.24) is 15.2 Å². The summed E-state index contributed by atoms with van der Waals surface area (Å²) in [5, 5.41) is 38.5. The number of sulfonamides is 1. The summed E-state index contributed by atoms with van der Waals surface area (Å²) < 4.78 is 117. The third kappa shape index (κ3) is 19.3. The molecule has 1 fully saturated rings. The second kappa shape index (κ2) is 33.9. The lowest BCUT2D eigenvalue weighted by atomic mass is 9.90. The van der Waals surface area contributed by atoms with E-state index in [2.05, 4.69) is 58.4 Å². The lowest BCUT2D eigenvalue weighted by molar-refractivity contribution is -0.130. The van der Waals surface area contributed by atoms with Gasteiger partial charge in [0.1, 0.15) is 40.9 Å². The maximum atomic E-state index is 15.8. The Balaban J connectivity index is 0.869. The zero-order chi connectivity index (χ0) is 66.7. The first-order chi connectivity index (χ1) is 44.0. The third-order valence-corrected chi connectivity index (χ3v) is 19.2. The average molecular weight is 1340 g/mol. The molecule has 1 aliphatic heterocycles. The second-order valence-electron chi connectivity index (χ2n) is 22.6. The molecule has 0 spiro atoms. The minimum atomic E-state index is -5.18. The molecule has 2 amide bonds. The number of carboxylic acid groups (broad SMARTS) is 1. The van der Waals surface area contributed by atoms with E-state index >= 15 is 13.2 Å². The highest BCUT2D eigenvalue weighted by Gasteiger charge is 2.37. The lowest BCUT2D eigenvalue weighted by Crippen LogP contribution is -2.34. The van der Waals surface area contributed by atoms with Crippen molar-refractivity contribution in [2.45, 2.75) is 127 Å². The molecule has 20 nitrogen and oxygen atoms in total. The Bertz CT molecular complexity index is 3870. The molecule has 0 radical (unpaired) electrons. The summed E-state index contributed by atoms with van der Waals surface area (Å²) in [6, 6.07) is 22.9. The molecular formula is C66H83F3N7O13S3+. The van der Waals surface area contributed by atoms with Crippen molar-refractivity contribution in [3.63, 3.8) is 0 Å². The van der Waals surface area contributed by atoms with Crippen LogP contribution in [0, 0.1) is 23.4 Å². The van der Waals surface area contributed by atoms with Gasteiger partial charge in [-0.25, -0.2) is 44.5 Å². The number of thiocarbonyl (C=S) groups is 1. The Kier molecular flexibility index (Phi) is 26.5. The summed E-state index contributed by atoms with van der Waals surface area (Å²) in [5.41, 5.74) is 3.80. The normalized spacial score (nSPS) is 13.5. The van der Waals surface area contributed by atoms with Gasteiger partial charge in [0.05, 0.1) is 54.5 Å². The summed E-state index contributed by atoms with van der Waals surface area (Å²) in [6.45, 7) is 11.7. The van der Waals surface area contributed by atoms with E-state index in [4.69, 9.17) is 31.2 Å². The van der Waals surface area contributed by atoms with Gasteiger partial charge in [0, 0.05) is 97.4 Å². The Morgan fingerprint density at radius 1 is 0.761 bits per heavy atom. The van der Waals surface area contributed by atoms with Crippen LogP contribution >= 0.6 is 12.2 Å². The van der Waals surface area contributed by atoms with Crippen LogP contribution in [0.15, 0.2) is 93.1 Å². The molecular weight excluding hydrogens is 1250 g/mol. The molecule has 4 aromatic carbocycles. The number of nitrogens with one attached hydrogen (secondary N) is 4. The van der Waals surface area contributed by atoms with Crippen LogP contribution in [0.25, 0.3) is 33.4 Å². The van der Waals surface area contributed by atoms with E-state index in [-0.39, 0.29) is 81.8 Å². The lowest BCUT2D eigenvalue weighted by Gasteiger charge is -2.25. The van der Waals surface area contributed by atoms with Crippen LogP contribution < -0.4 is 41.2 Å². The maximum absolute atomic E-state index is 15.8. The summed E-state index contributed by atoms with van der Waals surface area (Å²) >= 11 is 5.71. The highest BCUT2D eigenvalue weighted by Crippen LogP contribution is 2.43. The molecule has 498 valence electrons. The number of hydrogen-bond acceptors (Lipinski definition) is 15. The van der Waals surface area contributed by atoms with Gasteiger partial charge in [-0.1, -0.05) is 62.5 Å². The van der Waals surface area contributed by atoms with Crippen molar-refractivity contribution in [1.29, 1.82) is 0 Å². The fraction of sp³-hybridized carbons (Fsp3) is 0.455. The number of Topliss-reactive ketones (excluding diaryl/α,β-unsaturated/α-hetero) is 1. The van der Waals surface area contributed by atoms with Crippen LogP contribution in [0.2, 0.25) is 0 Å². The van der Waals surface area contributed by atoms with Crippen LogP contribution in [-0.2, 0) is 50.1 Å². The van der Waals surface area contributed by atoms with Gasteiger partial charge in [0.2, 0.25) is 27.2 Å². The minimum Gasteiger partial charge on any atom is -0.508 e. The zero-order valence-electron chi connectivity index (χ0n) is 52.3. The second-order valence-corrected chi connectivity index (χ2v) is 26.6. The number of carbonyl (C=O) groups is 4. The molecule has 4 aromatic rings. The molecule has 0 bridgehead atoms. The summed E-state index contributed by atoms with van der Waals surface area (Å²) in [6.07, 6.45) is 4.91. The Morgan fingerprint density at radius 2 is 1.42 bits per heavy atom. The van der Waals surface area contributed by atoms with Crippen LogP contribution in [-0.4, -0.2) is 133 Å². The maximum Gasteiger partial charge on any atom is 0.336 e. The molecule has 1 saturated carbocycles. The smallest absolute Gasteiger partial charge is 0.336 e. The summed E-state index contributed by atoms with van der Waals surface area (Å²) in [4.78, 5) is 52.2. The van der Waals surface area contributed by atoms with Crippen molar-refractivity contribution >= 4 is 88.7 Å². The van der Waals surface area contributed by atoms with Gasteiger partial charge in [-0.05, 0) is 113 Å². The molecule has 8 N–H and O–H groups in total. The molecule has 3 aliphatic rings. The van der Waals surface area contributed by atoms with Gasteiger partial charge in [-0.3, -0.25) is 14.4 Å². The number of aromatic hydroxyl groups is 1. The number of carboxylic acids is 1. The van der Waals surface area contributed by atoms with Crippen molar-refractivity contribution in [3.8, 4) is 28.2 Å². The van der Waals surface area contributed by atoms with Crippen LogP contribution in [0.3, 0.4) is 0 Å². The molecule has 1 heterocycles. The molecule has 0 saturated heterocycles. The standard InChI is InChI=1S/C66H82F3N7O13S3/c1-5-75(6-2)46-21-26-51-54(40-46)89-55-41-47(76(7-3)8-4)22-27-52(55)58(51)50-25-20-45(39-53(50)66(81)82)73-57(90)17-14-30-72-65(80)43(37-42-18-23-48(77)24-19-42)38-49(78)28-32-87-34-35-88-33-31-71-56(79)29-36-91(83,84)64-60(68)59(67)63(92(70,85)86)61(69)62(64)74-44-15-12-10-9-11-13-16-44/h18-27,39-41,43-44,74H,5-17,28-38H2,1-4H3,(H6,70,71,72,77,79,80,81,82,85,86)/p+1/t43-/m1/s1. The summed E-state index contributed by atoms with van der Waals surface area (Å²) in [5.74, 6) is -10.0. The quantitative estimate of drug-likeness (QED) is 0.00663. The number of hydrogen-bond donors (Lipinski definition) is 7. The largest absolute Gasteiger partial charge is 0.508 e. The van der Waals surface area contributed by atoms with Gasteiger partial charge >= 0.3 is 5.97 Å². The molecule has 92 heavy (non-hydrogen) atoms. The van der Waals surface area contributed by atoms with Crippen molar-refractivity contribution < 1.29 is 73.3 Å². The highest BCUT2D eigenvalue weighted by atomic mass is 32.2. The topological polar surface area (TPSA) is 289 Å². The molecule has 0 unspecified atom stereocenters. The number of nitrogens with zero attached hydrogens (tertiary/aromatic N) is 2. The number of amides is 2. The number of nitrogens with two attached hydrogens (primary N) is 1. The first-order valence-electron chi connectivity index (χ1n) is 31.2. The number of rotatable bonds is 33. The molecule has 2 aliphatic carbocycles. The fourth-order valence-corrected chi connectivity index (χ4v) is 13.8. The van der Waals surface area contributed by atoms with Crippen LogP contribution in [0.5, 0.6) is 5.75 Å². The monoisotopic (exact) mass is 1330 g/mol. The summed E-state index contributed by atoms with van der Waals surface area (Å²) in [7, 11) is -10.1. The van der Waals surface area contributed by atoms with E-state index in [0.717, 1.165) is 78.6 Å². The number of ether oxygens (including phenoxy) is 2. The molecule has 7 rings (SSSR count). The number of aromatic carboxylic acids is 1.